The van der Waals surface area contributed by atoms with Gasteiger partial charge in [0.15, 0.2) is 0 Å². The molecule has 0 saturated heterocycles. The monoisotopic (exact) mass is 325 g/mol. The number of hydrogen-bond donors (Lipinski definition) is 1. The average Bonchev–Trinajstić information content (AvgIpc) is 2.82. The fourth-order valence-electron chi connectivity index (χ4n) is 1.84. The summed E-state index contributed by atoms with van der Waals surface area (Å²) in [5.41, 5.74) is 3.76. The van der Waals surface area contributed by atoms with E-state index in [4.69, 9.17) is 4.74 Å². The van der Waals surface area contributed by atoms with Crippen molar-refractivity contribution in [2.24, 2.45) is 0 Å². The van der Waals surface area contributed by atoms with Crippen LogP contribution < -0.4 is 10.1 Å². The van der Waals surface area contributed by atoms with Crippen LogP contribution in [0, 0.1) is 0 Å². The van der Waals surface area contributed by atoms with Crippen molar-refractivity contribution in [2.75, 3.05) is 13.7 Å². The Morgan fingerprint density at radius 1 is 1.28 bits per heavy atom. The average molecular weight is 326 g/mol. The van der Waals surface area contributed by atoms with Crippen molar-refractivity contribution in [2.45, 2.75) is 13.5 Å². The summed E-state index contributed by atoms with van der Waals surface area (Å²) in [4.78, 5) is 0. The molecule has 0 aliphatic carbocycles. The van der Waals surface area contributed by atoms with E-state index in [-0.39, 0.29) is 0 Å². The Morgan fingerprint density at radius 3 is 2.72 bits per heavy atom. The molecule has 4 heteroatoms. The molecule has 0 saturated carbocycles. The van der Waals surface area contributed by atoms with Crippen LogP contribution in [0.15, 0.2) is 33.4 Å². The van der Waals surface area contributed by atoms with Crippen LogP contribution in [0.1, 0.15) is 12.5 Å². The first kappa shape index (κ1) is 13.6. The van der Waals surface area contributed by atoms with Crippen molar-refractivity contribution in [1.82, 2.24) is 5.32 Å². The Balaban J connectivity index is 2.42. The molecule has 18 heavy (non-hydrogen) atoms. The molecule has 0 radical (unpaired) electrons. The second-order valence-corrected chi connectivity index (χ2v) is 5.53. The molecule has 0 aliphatic heterocycles. The van der Waals surface area contributed by atoms with Gasteiger partial charge in [0, 0.05) is 22.0 Å². The van der Waals surface area contributed by atoms with E-state index in [2.05, 4.69) is 51.1 Å². The molecule has 2 rings (SSSR count). The van der Waals surface area contributed by atoms with Gasteiger partial charge in [-0.15, -0.1) is 0 Å². The number of thiophene rings is 1. The van der Waals surface area contributed by atoms with Gasteiger partial charge in [-0.25, -0.2) is 0 Å². The van der Waals surface area contributed by atoms with Gasteiger partial charge in [0.05, 0.1) is 7.11 Å². The summed E-state index contributed by atoms with van der Waals surface area (Å²) in [5.74, 6) is 0.901. The molecule has 0 spiro atoms. The van der Waals surface area contributed by atoms with Crippen LogP contribution in [-0.2, 0) is 6.54 Å². The fourth-order valence-corrected chi connectivity index (χ4v) is 3.35. The molecule has 0 atom stereocenters. The number of methoxy groups -OCH3 is 1. The van der Waals surface area contributed by atoms with Gasteiger partial charge in [0.2, 0.25) is 0 Å². The lowest BCUT2D eigenvalue weighted by molar-refractivity contribution is 0.414. The van der Waals surface area contributed by atoms with Gasteiger partial charge in [-0.2, -0.15) is 11.3 Å². The summed E-state index contributed by atoms with van der Waals surface area (Å²) in [6.45, 7) is 3.92. The van der Waals surface area contributed by atoms with Gasteiger partial charge < -0.3 is 10.1 Å². The molecule has 1 aromatic carbocycles. The van der Waals surface area contributed by atoms with E-state index in [0.29, 0.717) is 0 Å². The number of hydrogen-bond acceptors (Lipinski definition) is 3. The van der Waals surface area contributed by atoms with Crippen LogP contribution >= 0.6 is 27.3 Å². The molecular weight excluding hydrogens is 310 g/mol. The van der Waals surface area contributed by atoms with Crippen molar-refractivity contribution in [3.05, 3.63) is 39.0 Å². The second kappa shape index (κ2) is 6.36. The molecule has 96 valence electrons. The van der Waals surface area contributed by atoms with Crippen molar-refractivity contribution in [3.8, 4) is 16.9 Å². The van der Waals surface area contributed by atoms with E-state index in [9.17, 15) is 0 Å². The minimum Gasteiger partial charge on any atom is -0.497 e. The predicted molar refractivity (Wildman–Crippen MR) is 81.4 cm³/mol. The first-order chi connectivity index (χ1) is 8.76. The molecule has 2 nitrogen and oxygen atoms in total. The van der Waals surface area contributed by atoms with Gasteiger partial charge in [-0.05, 0) is 51.1 Å². The van der Waals surface area contributed by atoms with Gasteiger partial charge in [-0.1, -0.05) is 13.0 Å². The van der Waals surface area contributed by atoms with Crippen LogP contribution in [0.2, 0.25) is 0 Å². The number of benzene rings is 1. The highest BCUT2D eigenvalue weighted by atomic mass is 79.9. The Bertz CT molecular complexity index is 524. The first-order valence-corrected chi connectivity index (χ1v) is 7.59. The van der Waals surface area contributed by atoms with Crippen LogP contribution in [-0.4, -0.2) is 13.7 Å². The predicted octanol–water partition coefficient (Wildman–Crippen LogP) is 4.30. The number of halogens is 1. The van der Waals surface area contributed by atoms with E-state index < -0.39 is 0 Å². The number of nitrogens with one attached hydrogen (secondary N) is 1. The van der Waals surface area contributed by atoms with Crippen molar-refractivity contribution in [3.63, 3.8) is 0 Å². The summed E-state index contributed by atoms with van der Waals surface area (Å²) in [6, 6.07) is 6.23. The first-order valence-electron chi connectivity index (χ1n) is 5.86. The Kier molecular flexibility index (Phi) is 4.80. The van der Waals surface area contributed by atoms with E-state index in [0.717, 1.165) is 23.3 Å². The molecular formula is C14H16BrNOS. The largest absolute Gasteiger partial charge is 0.497 e. The van der Waals surface area contributed by atoms with E-state index in [1.165, 1.54) is 16.7 Å². The molecule has 1 N–H and O–H groups in total. The number of ether oxygens (including phenoxy) is 1. The Morgan fingerprint density at radius 2 is 2.11 bits per heavy atom. The maximum atomic E-state index is 5.30. The molecule has 1 heterocycles. The zero-order valence-corrected chi connectivity index (χ0v) is 12.9. The Hall–Kier alpha value is -0.840. The SMILES string of the molecule is CCNCc1cc(OC)ccc1-c1cscc1Br. The van der Waals surface area contributed by atoms with E-state index >= 15 is 0 Å². The maximum absolute atomic E-state index is 5.30. The molecule has 0 fully saturated rings. The van der Waals surface area contributed by atoms with E-state index in [1.54, 1.807) is 18.4 Å². The maximum Gasteiger partial charge on any atom is 0.119 e. The van der Waals surface area contributed by atoms with E-state index in [1.807, 2.05) is 6.07 Å². The van der Waals surface area contributed by atoms with Gasteiger partial charge in [0.1, 0.15) is 5.75 Å². The standard InChI is InChI=1S/C14H16BrNOS/c1-3-16-7-10-6-11(17-2)4-5-12(10)13-8-18-9-14(13)15/h4-6,8-9,16H,3,7H2,1-2H3. The second-order valence-electron chi connectivity index (χ2n) is 3.94. The lowest BCUT2D eigenvalue weighted by Crippen LogP contribution is -2.12. The van der Waals surface area contributed by atoms with Crippen LogP contribution in [0.4, 0.5) is 0 Å². The summed E-state index contributed by atoms with van der Waals surface area (Å²) in [7, 11) is 1.70. The quantitative estimate of drug-likeness (QED) is 0.885. The van der Waals surface area contributed by atoms with Crippen LogP contribution in [0.25, 0.3) is 11.1 Å². The minimum atomic E-state index is 0.852. The lowest BCUT2D eigenvalue weighted by Gasteiger charge is -2.11. The molecule has 0 unspecified atom stereocenters. The zero-order valence-electron chi connectivity index (χ0n) is 10.5. The highest BCUT2D eigenvalue weighted by Crippen LogP contribution is 2.35. The molecule has 2 aromatic rings. The molecule has 1 aromatic heterocycles. The third-order valence-electron chi connectivity index (χ3n) is 2.78. The normalized spacial score (nSPS) is 10.6. The van der Waals surface area contributed by atoms with Crippen molar-refractivity contribution < 1.29 is 4.74 Å². The summed E-state index contributed by atoms with van der Waals surface area (Å²) in [6.07, 6.45) is 0. The zero-order chi connectivity index (χ0) is 13.0. The third kappa shape index (κ3) is 2.94. The van der Waals surface area contributed by atoms with Gasteiger partial charge >= 0.3 is 0 Å². The summed E-state index contributed by atoms with van der Waals surface area (Å²) < 4.78 is 6.45. The van der Waals surface area contributed by atoms with Gasteiger partial charge in [0.25, 0.3) is 0 Å². The highest BCUT2D eigenvalue weighted by Gasteiger charge is 2.10. The molecule has 0 bridgehead atoms. The van der Waals surface area contributed by atoms with Crippen molar-refractivity contribution in [1.29, 1.82) is 0 Å². The number of rotatable bonds is 5. The molecule has 0 amide bonds. The molecule has 0 aliphatic rings. The van der Waals surface area contributed by atoms with Crippen LogP contribution in [0.5, 0.6) is 5.75 Å². The smallest absolute Gasteiger partial charge is 0.119 e. The Labute approximate surface area is 120 Å². The van der Waals surface area contributed by atoms with Crippen molar-refractivity contribution >= 4 is 27.3 Å². The third-order valence-corrected chi connectivity index (χ3v) is 4.49. The summed E-state index contributed by atoms with van der Waals surface area (Å²) in [5, 5.41) is 7.65. The minimum absolute atomic E-state index is 0.852. The lowest BCUT2D eigenvalue weighted by atomic mass is 10.0. The topological polar surface area (TPSA) is 21.3 Å². The summed E-state index contributed by atoms with van der Waals surface area (Å²) >= 11 is 5.30. The highest BCUT2D eigenvalue weighted by molar-refractivity contribution is 9.10. The fraction of sp³-hybridized carbons (Fsp3) is 0.286. The van der Waals surface area contributed by atoms with Crippen LogP contribution in [0.3, 0.4) is 0 Å². The van der Waals surface area contributed by atoms with Gasteiger partial charge in [-0.3, -0.25) is 0 Å².